The predicted molar refractivity (Wildman–Crippen MR) is 141 cm³/mol. The summed E-state index contributed by atoms with van der Waals surface area (Å²) in [4.78, 5) is 39.0. The maximum absolute atomic E-state index is 14.5. The summed E-state index contributed by atoms with van der Waals surface area (Å²) in [6.45, 7) is 3.68. The number of primary amides is 1. The number of carbonyl (C=O) groups excluding carboxylic acids is 2. The average molecular weight is 536 g/mol. The zero-order chi connectivity index (χ0) is 26.8. The van der Waals surface area contributed by atoms with Crippen LogP contribution in [0.15, 0.2) is 67.4 Å². The molecule has 0 saturated carbocycles. The van der Waals surface area contributed by atoms with Crippen LogP contribution in [0.3, 0.4) is 0 Å². The van der Waals surface area contributed by atoms with Crippen molar-refractivity contribution in [1.29, 1.82) is 0 Å². The fourth-order valence-corrected chi connectivity index (χ4v) is 4.59. The van der Waals surface area contributed by atoms with Crippen LogP contribution in [0.25, 0.3) is 10.9 Å². The number of rotatable bonds is 8. The molecule has 11 nitrogen and oxygen atoms in total. The number of benzene rings is 1. The number of carbonyl (C=O) groups is 2. The number of pyridine rings is 1. The van der Waals surface area contributed by atoms with Gasteiger partial charge in [0.15, 0.2) is 5.69 Å². The summed E-state index contributed by atoms with van der Waals surface area (Å²) in [5, 5.41) is 11.2. The predicted octanol–water partition coefficient (Wildman–Crippen LogP) is 3.28. The normalized spacial score (nSPS) is 16.9. The van der Waals surface area contributed by atoms with E-state index < -0.39 is 18.1 Å². The molecule has 2 amide bonds. The number of amides is 2. The van der Waals surface area contributed by atoms with E-state index in [0.29, 0.717) is 33.8 Å². The highest BCUT2D eigenvalue weighted by atomic mass is 35.5. The number of nitrogens with one attached hydrogen (secondary N) is 2. The van der Waals surface area contributed by atoms with Crippen LogP contribution >= 0.6 is 11.6 Å². The molecule has 0 radical (unpaired) electrons. The number of hydrogen-bond acceptors (Lipinski definition) is 8. The molecule has 1 saturated heterocycles. The van der Waals surface area contributed by atoms with Crippen molar-refractivity contribution in [3.63, 3.8) is 0 Å². The minimum Gasteiger partial charge on any atom is -0.364 e. The Bertz CT molecular complexity index is 1530. The Hall–Kier alpha value is -4.58. The van der Waals surface area contributed by atoms with E-state index in [1.54, 1.807) is 48.8 Å². The van der Waals surface area contributed by atoms with Crippen molar-refractivity contribution in [2.24, 2.45) is 5.73 Å². The summed E-state index contributed by atoms with van der Waals surface area (Å²) in [5.74, 6) is -0.690. The van der Waals surface area contributed by atoms with Crippen LogP contribution in [0.1, 0.15) is 16.9 Å². The zero-order valence-electron chi connectivity index (χ0n) is 20.0. The van der Waals surface area contributed by atoms with Crippen molar-refractivity contribution in [1.82, 2.24) is 29.6 Å². The van der Waals surface area contributed by atoms with Gasteiger partial charge in [-0.15, -0.1) is 0 Å². The Morgan fingerprint density at radius 3 is 2.71 bits per heavy atom. The first-order valence-corrected chi connectivity index (χ1v) is 12.0. The van der Waals surface area contributed by atoms with E-state index in [9.17, 15) is 14.0 Å². The Morgan fingerprint density at radius 1 is 1.18 bits per heavy atom. The Balaban J connectivity index is 1.38. The lowest BCUT2D eigenvalue weighted by Crippen LogP contribution is -2.40. The second-order valence-electron chi connectivity index (χ2n) is 8.75. The van der Waals surface area contributed by atoms with Crippen molar-refractivity contribution in [3.8, 4) is 0 Å². The molecule has 1 aliphatic rings. The van der Waals surface area contributed by atoms with Gasteiger partial charge in [-0.2, -0.15) is 5.10 Å². The molecule has 38 heavy (non-hydrogen) atoms. The minimum absolute atomic E-state index is 0.0141. The van der Waals surface area contributed by atoms with Crippen LogP contribution in [0, 0.1) is 0 Å². The van der Waals surface area contributed by atoms with Gasteiger partial charge in [0.1, 0.15) is 30.0 Å². The Labute approximate surface area is 221 Å². The third-order valence-electron chi connectivity index (χ3n) is 6.09. The number of fused-ring (bicyclic) bond motifs is 1. The minimum atomic E-state index is -1.22. The lowest BCUT2D eigenvalue weighted by molar-refractivity contribution is -0.132. The van der Waals surface area contributed by atoms with E-state index in [0.717, 1.165) is 0 Å². The number of halogens is 2. The molecule has 1 fully saturated rings. The highest BCUT2D eigenvalue weighted by molar-refractivity contribution is 6.29. The summed E-state index contributed by atoms with van der Waals surface area (Å²) >= 11 is 5.95. The maximum Gasteiger partial charge on any atom is 0.269 e. The van der Waals surface area contributed by atoms with Crippen molar-refractivity contribution in [3.05, 3.63) is 78.2 Å². The monoisotopic (exact) mass is 535 g/mol. The molecule has 194 valence electrons. The van der Waals surface area contributed by atoms with Crippen LogP contribution in [-0.2, 0) is 11.3 Å². The molecule has 0 bridgehead atoms. The molecule has 0 aliphatic carbocycles. The van der Waals surface area contributed by atoms with Crippen molar-refractivity contribution in [2.75, 3.05) is 17.2 Å². The zero-order valence-corrected chi connectivity index (χ0v) is 20.8. The van der Waals surface area contributed by atoms with Gasteiger partial charge in [0.05, 0.1) is 36.2 Å². The first-order valence-electron chi connectivity index (χ1n) is 11.6. The molecular formula is C25H23ClFN9O2. The first-order chi connectivity index (χ1) is 18.3. The highest BCUT2D eigenvalue weighted by Gasteiger charge is 2.37. The number of nitrogens with two attached hydrogens (primary N) is 1. The fourth-order valence-electron chi connectivity index (χ4n) is 4.43. The fraction of sp³-hybridized carbons (Fsp3) is 0.200. The molecule has 3 aromatic heterocycles. The van der Waals surface area contributed by atoms with Gasteiger partial charge < -0.3 is 21.3 Å². The number of aromatic nitrogens is 5. The van der Waals surface area contributed by atoms with Crippen LogP contribution in [0.4, 0.5) is 21.6 Å². The smallest absolute Gasteiger partial charge is 0.269 e. The molecule has 4 N–H and O–H groups in total. The topological polar surface area (TPSA) is 144 Å². The summed E-state index contributed by atoms with van der Waals surface area (Å²) < 4.78 is 15.9. The van der Waals surface area contributed by atoms with Gasteiger partial charge in [-0.3, -0.25) is 14.3 Å². The molecule has 0 spiro atoms. The average Bonchev–Trinajstić information content (AvgIpc) is 3.45. The van der Waals surface area contributed by atoms with Crippen LogP contribution in [0.2, 0.25) is 5.15 Å². The molecule has 4 aromatic rings. The quantitative estimate of drug-likeness (QED) is 0.292. The third-order valence-corrected chi connectivity index (χ3v) is 6.30. The van der Waals surface area contributed by atoms with Gasteiger partial charge in [0.2, 0.25) is 5.91 Å². The van der Waals surface area contributed by atoms with E-state index in [-0.39, 0.29) is 36.3 Å². The molecule has 1 aromatic carbocycles. The van der Waals surface area contributed by atoms with Gasteiger partial charge in [-0.1, -0.05) is 24.2 Å². The molecule has 0 unspecified atom stereocenters. The van der Waals surface area contributed by atoms with E-state index in [1.807, 2.05) is 0 Å². The second kappa shape index (κ2) is 10.4. The number of alkyl halides is 1. The van der Waals surface area contributed by atoms with Crippen molar-refractivity contribution < 1.29 is 14.0 Å². The molecule has 1 aliphatic heterocycles. The molecule has 4 heterocycles. The van der Waals surface area contributed by atoms with E-state index in [1.165, 1.54) is 15.9 Å². The highest BCUT2D eigenvalue weighted by Crippen LogP contribution is 2.28. The third kappa shape index (κ3) is 5.25. The molecule has 2 atom stereocenters. The van der Waals surface area contributed by atoms with Gasteiger partial charge in [0, 0.05) is 23.2 Å². The van der Waals surface area contributed by atoms with Crippen LogP contribution in [-0.4, -0.2) is 60.2 Å². The summed E-state index contributed by atoms with van der Waals surface area (Å²) in [7, 11) is 0. The number of likely N-dealkylation sites (tertiary alicyclic amines) is 1. The summed E-state index contributed by atoms with van der Waals surface area (Å²) in [6, 6.07) is 9.62. The van der Waals surface area contributed by atoms with Gasteiger partial charge >= 0.3 is 0 Å². The van der Waals surface area contributed by atoms with Gasteiger partial charge in [0.25, 0.3) is 5.91 Å². The van der Waals surface area contributed by atoms with Gasteiger partial charge in [-0.25, -0.2) is 19.3 Å². The van der Waals surface area contributed by atoms with Crippen LogP contribution in [0.5, 0.6) is 0 Å². The second-order valence-corrected chi connectivity index (χ2v) is 9.13. The Morgan fingerprint density at radius 2 is 1.97 bits per heavy atom. The number of nitrogens with zero attached hydrogens (tertiary/aromatic N) is 6. The number of anilines is 3. The molecule has 13 heteroatoms. The summed E-state index contributed by atoms with van der Waals surface area (Å²) in [6.07, 6.45) is 3.48. The van der Waals surface area contributed by atoms with Crippen molar-refractivity contribution in [2.45, 2.75) is 25.2 Å². The Kier molecular flexibility index (Phi) is 6.88. The largest absolute Gasteiger partial charge is 0.364 e. The lowest BCUT2D eigenvalue weighted by Gasteiger charge is -2.26. The van der Waals surface area contributed by atoms with Crippen LogP contribution < -0.4 is 16.4 Å². The SMILES string of the molecule is C=C(Nc1cccc(Cl)n1)[C@@H]1C[C@@H](F)CN1C(=O)Cn1nc(C(N)=O)c2cc(Nc3cncnc3)ccc21. The van der Waals surface area contributed by atoms with E-state index >= 15 is 0 Å². The standard InChI is InChI=1S/C25H23ClFN9O2/c1-14(31-22-4-2-3-21(26)33-22)20-7-15(27)11-35(20)23(37)12-36-19-6-5-16(32-17-9-29-13-30-10-17)8-18(19)24(34-36)25(28)38/h2-6,8-10,13,15,20,32H,1,7,11-12H2,(H2,28,38)(H,31,33)/t15-,20+/m1/s1. The molecule has 5 rings (SSSR count). The van der Waals surface area contributed by atoms with E-state index in [4.69, 9.17) is 17.3 Å². The van der Waals surface area contributed by atoms with E-state index in [2.05, 4.69) is 37.3 Å². The molecular weight excluding hydrogens is 513 g/mol. The van der Waals surface area contributed by atoms with Crippen molar-refractivity contribution >= 4 is 51.5 Å². The summed E-state index contributed by atoms with van der Waals surface area (Å²) in [5.41, 5.74) is 7.83. The number of hydrogen-bond donors (Lipinski definition) is 3. The first kappa shape index (κ1) is 25.1. The van der Waals surface area contributed by atoms with Gasteiger partial charge in [-0.05, 0) is 30.3 Å². The maximum atomic E-state index is 14.5. The lowest BCUT2D eigenvalue weighted by atomic mass is 10.1.